The minimum absolute atomic E-state index is 0.547. The molecule has 0 atom stereocenters. The summed E-state index contributed by atoms with van der Waals surface area (Å²) in [6, 6.07) is 4.23. The van der Waals surface area contributed by atoms with Crippen molar-refractivity contribution in [1.82, 2.24) is 9.97 Å². The zero-order chi connectivity index (χ0) is 13.2. The zero-order valence-electron chi connectivity index (χ0n) is 11.5. The van der Waals surface area contributed by atoms with Crippen molar-refractivity contribution in [2.24, 2.45) is 0 Å². The van der Waals surface area contributed by atoms with E-state index >= 15 is 0 Å². The summed E-state index contributed by atoms with van der Waals surface area (Å²) in [6.45, 7) is 6.68. The van der Waals surface area contributed by atoms with Crippen LogP contribution in [0.4, 0.5) is 5.82 Å². The van der Waals surface area contributed by atoms with Crippen LogP contribution >= 0.6 is 11.3 Å². The third-order valence-corrected chi connectivity index (χ3v) is 4.86. The number of hydrogen-bond donors (Lipinski definition) is 0. The molecule has 0 saturated carbocycles. The van der Waals surface area contributed by atoms with Crippen molar-refractivity contribution in [3.8, 4) is 10.6 Å². The highest BCUT2D eigenvalue weighted by atomic mass is 32.1. The third-order valence-electron chi connectivity index (χ3n) is 3.52. The lowest BCUT2D eigenvalue weighted by molar-refractivity contribution is 0.885. The maximum absolute atomic E-state index is 4.55. The van der Waals surface area contributed by atoms with Gasteiger partial charge in [-0.3, -0.25) is 0 Å². The van der Waals surface area contributed by atoms with E-state index < -0.39 is 0 Å². The van der Waals surface area contributed by atoms with Crippen LogP contribution in [0.3, 0.4) is 0 Å². The Kier molecular flexibility index (Phi) is 3.51. The van der Waals surface area contributed by atoms with Crippen molar-refractivity contribution in [3.63, 3.8) is 0 Å². The van der Waals surface area contributed by atoms with E-state index in [4.69, 9.17) is 0 Å². The van der Waals surface area contributed by atoms with Crippen LogP contribution in [-0.4, -0.2) is 23.1 Å². The Morgan fingerprint density at radius 3 is 2.68 bits per heavy atom. The summed E-state index contributed by atoms with van der Waals surface area (Å²) in [5.41, 5.74) is 1.19. The highest BCUT2D eigenvalue weighted by molar-refractivity contribution is 7.15. The Labute approximate surface area is 118 Å². The normalized spacial score (nSPS) is 15.4. The first-order valence-corrected chi connectivity index (χ1v) is 7.73. The van der Waals surface area contributed by atoms with Gasteiger partial charge in [0, 0.05) is 35.9 Å². The first-order valence-electron chi connectivity index (χ1n) is 6.91. The fourth-order valence-corrected chi connectivity index (χ4v) is 3.27. The molecular formula is C15H19N3S. The van der Waals surface area contributed by atoms with Crippen molar-refractivity contribution >= 4 is 17.2 Å². The van der Waals surface area contributed by atoms with Crippen molar-refractivity contribution in [2.75, 3.05) is 18.0 Å². The summed E-state index contributed by atoms with van der Waals surface area (Å²) in [7, 11) is 0. The Morgan fingerprint density at radius 1 is 1.21 bits per heavy atom. The quantitative estimate of drug-likeness (QED) is 0.848. The van der Waals surface area contributed by atoms with Gasteiger partial charge >= 0.3 is 0 Å². The second kappa shape index (κ2) is 5.29. The smallest absolute Gasteiger partial charge is 0.129 e. The van der Waals surface area contributed by atoms with E-state index in [2.05, 4.69) is 40.8 Å². The van der Waals surface area contributed by atoms with Crippen LogP contribution in [0.2, 0.25) is 0 Å². The molecule has 1 aliphatic rings. The number of nitrogens with zero attached hydrogens (tertiary/aromatic N) is 3. The van der Waals surface area contributed by atoms with E-state index in [1.807, 2.05) is 12.4 Å². The van der Waals surface area contributed by atoms with E-state index in [0.29, 0.717) is 5.92 Å². The van der Waals surface area contributed by atoms with Gasteiger partial charge in [-0.25, -0.2) is 9.97 Å². The van der Waals surface area contributed by atoms with Gasteiger partial charge in [0.15, 0.2) is 0 Å². The summed E-state index contributed by atoms with van der Waals surface area (Å²) < 4.78 is 0. The molecule has 2 aromatic heterocycles. The molecule has 4 heteroatoms. The molecule has 0 radical (unpaired) electrons. The van der Waals surface area contributed by atoms with E-state index in [0.717, 1.165) is 23.9 Å². The molecule has 0 N–H and O–H groups in total. The molecule has 0 unspecified atom stereocenters. The van der Waals surface area contributed by atoms with Gasteiger partial charge in [0.05, 0.1) is 0 Å². The summed E-state index contributed by atoms with van der Waals surface area (Å²) in [5.74, 6) is 1.64. The van der Waals surface area contributed by atoms with Crippen LogP contribution in [0, 0.1) is 0 Å². The molecule has 1 aliphatic heterocycles. The molecular weight excluding hydrogens is 254 g/mol. The topological polar surface area (TPSA) is 29.0 Å². The monoisotopic (exact) mass is 273 g/mol. The molecule has 3 nitrogen and oxygen atoms in total. The number of pyridine rings is 1. The van der Waals surface area contributed by atoms with Gasteiger partial charge in [-0.05, 0) is 30.9 Å². The van der Waals surface area contributed by atoms with Crippen LogP contribution in [0.15, 0.2) is 24.5 Å². The lowest BCUT2D eigenvalue weighted by Gasteiger charge is -2.16. The van der Waals surface area contributed by atoms with Crippen molar-refractivity contribution in [2.45, 2.75) is 32.6 Å². The molecule has 19 heavy (non-hydrogen) atoms. The average molecular weight is 273 g/mol. The molecule has 0 bridgehead atoms. The third kappa shape index (κ3) is 2.63. The fraction of sp³-hybridized carbons (Fsp3) is 0.467. The first kappa shape index (κ1) is 12.6. The molecule has 0 aliphatic carbocycles. The largest absolute Gasteiger partial charge is 0.357 e. The minimum Gasteiger partial charge on any atom is -0.357 e. The molecule has 100 valence electrons. The van der Waals surface area contributed by atoms with Gasteiger partial charge in [0.2, 0.25) is 0 Å². The van der Waals surface area contributed by atoms with E-state index in [1.54, 1.807) is 11.3 Å². The number of anilines is 1. The van der Waals surface area contributed by atoms with Gasteiger partial charge in [0.1, 0.15) is 10.8 Å². The predicted octanol–water partition coefficient (Wildman–Crippen LogP) is 3.93. The number of rotatable bonds is 3. The van der Waals surface area contributed by atoms with Gasteiger partial charge in [-0.1, -0.05) is 13.8 Å². The van der Waals surface area contributed by atoms with E-state index in [-0.39, 0.29) is 0 Å². The lowest BCUT2D eigenvalue weighted by Crippen LogP contribution is -2.18. The molecule has 0 aromatic carbocycles. The summed E-state index contributed by atoms with van der Waals surface area (Å²) in [6.07, 6.45) is 6.46. The molecule has 3 heterocycles. The summed E-state index contributed by atoms with van der Waals surface area (Å²) in [4.78, 5) is 12.7. The van der Waals surface area contributed by atoms with Crippen LogP contribution in [0.1, 0.15) is 37.5 Å². The Balaban J connectivity index is 1.89. The minimum atomic E-state index is 0.547. The maximum Gasteiger partial charge on any atom is 0.129 e. The van der Waals surface area contributed by atoms with Gasteiger partial charge < -0.3 is 4.90 Å². The second-order valence-electron chi connectivity index (χ2n) is 5.32. The van der Waals surface area contributed by atoms with Crippen molar-refractivity contribution < 1.29 is 0 Å². The summed E-state index contributed by atoms with van der Waals surface area (Å²) in [5, 5.41) is 1.10. The number of aromatic nitrogens is 2. The predicted molar refractivity (Wildman–Crippen MR) is 80.9 cm³/mol. The highest BCUT2D eigenvalue weighted by Gasteiger charge is 2.15. The molecule has 0 spiro atoms. The summed E-state index contributed by atoms with van der Waals surface area (Å²) >= 11 is 1.79. The van der Waals surface area contributed by atoms with Gasteiger partial charge in [-0.2, -0.15) is 0 Å². The highest BCUT2D eigenvalue weighted by Crippen LogP contribution is 2.31. The molecule has 1 saturated heterocycles. The van der Waals surface area contributed by atoms with Crippen LogP contribution < -0.4 is 4.90 Å². The Morgan fingerprint density at radius 2 is 2.00 bits per heavy atom. The van der Waals surface area contributed by atoms with E-state index in [1.165, 1.54) is 23.3 Å². The van der Waals surface area contributed by atoms with Crippen molar-refractivity contribution in [1.29, 1.82) is 0 Å². The average Bonchev–Trinajstić information content (AvgIpc) is 3.10. The first-order chi connectivity index (χ1) is 9.24. The van der Waals surface area contributed by atoms with E-state index in [9.17, 15) is 0 Å². The van der Waals surface area contributed by atoms with Crippen LogP contribution in [-0.2, 0) is 0 Å². The van der Waals surface area contributed by atoms with Crippen molar-refractivity contribution in [3.05, 3.63) is 29.4 Å². The molecule has 1 fully saturated rings. The molecule has 0 amide bonds. The SMILES string of the molecule is CC(C)c1cnc(-c2ccnc(N3CCCC3)c2)s1. The zero-order valence-corrected chi connectivity index (χ0v) is 12.3. The van der Waals surface area contributed by atoms with Crippen LogP contribution in [0.25, 0.3) is 10.6 Å². The fourth-order valence-electron chi connectivity index (χ4n) is 2.36. The Bertz CT molecular complexity index is 556. The van der Waals surface area contributed by atoms with Crippen LogP contribution in [0.5, 0.6) is 0 Å². The maximum atomic E-state index is 4.55. The second-order valence-corrected chi connectivity index (χ2v) is 6.38. The van der Waals surface area contributed by atoms with Gasteiger partial charge in [-0.15, -0.1) is 11.3 Å². The molecule has 2 aromatic rings. The Hall–Kier alpha value is -1.42. The number of hydrogen-bond acceptors (Lipinski definition) is 4. The number of thiazole rings is 1. The molecule has 3 rings (SSSR count). The van der Waals surface area contributed by atoms with Gasteiger partial charge in [0.25, 0.3) is 0 Å². The standard InChI is InChI=1S/C15H19N3S/c1-11(2)13-10-17-15(19-13)12-5-6-16-14(9-12)18-7-3-4-8-18/h5-6,9-11H,3-4,7-8H2,1-2H3. The lowest BCUT2D eigenvalue weighted by atomic mass is 10.2.